The van der Waals surface area contributed by atoms with Crippen LogP contribution in [0.2, 0.25) is 5.02 Å². The number of imidazole rings is 1. The number of nitrogens with one attached hydrogen (secondary N) is 2. The van der Waals surface area contributed by atoms with Crippen molar-refractivity contribution in [2.45, 2.75) is 46.2 Å². The van der Waals surface area contributed by atoms with Gasteiger partial charge in [-0.25, -0.2) is 9.97 Å². The van der Waals surface area contributed by atoms with Crippen molar-refractivity contribution < 1.29 is 29.6 Å². The molecule has 5 rings (SSSR count). The fourth-order valence-electron chi connectivity index (χ4n) is 4.37. The molecule has 3 aromatic heterocycles. The molecule has 7 nitrogen and oxygen atoms in total. The monoisotopic (exact) mass is 513 g/mol. The molecule has 0 radical (unpaired) electrons. The number of fused-ring (bicyclic) bond motifs is 2. The van der Waals surface area contributed by atoms with Gasteiger partial charge in [0, 0.05) is 47.1 Å². The topological polar surface area (TPSA) is 75.3 Å². The summed E-state index contributed by atoms with van der Waals surface area (Å²) >= 11 is 6.09. The van der Waals surface area contributed by atoms with E-state index in [-0.39, 0.29) is 35.6 Å². The number of rotatable bonds is 7. The van der Waals surface area contributed by atoms with Crippen LogP contribution in [-0.2, 0) is 6.54 Å². The van der Waals surface area contributed by atoms with E-state index in [0.29, 0.717) is 18.1 Å². The van der Waals surface area contributed by atoms with Gasteiger partial charge >= 0.3 is 29.6 Å². The molecule has 9 heteroatoms. The number of hydrogen-bond donors (Lipinski definition) is 2. The average molecular weight is 514 g/mol. The summed E-state index contributed by atoms with van der Waals surface area (Å²) in [6.45, 7) is 16.9. The van der Waals surface area contributed by atoms with Gasteiger partial charge in [-0.05, 0) is 62.2 Å². The number of benzene rings is 1. The van der Waals surface area contributed by atoms with Crippen molar-refractivity contribution in [2.75, 3.05) is 13.1 Å². The van der Waals surface area contributed by atoms with Crippen LogP contribution in [-0.4, -0.2) is 43.4 Å². The van der Waals surface area contributed by atoms with Crippen molar-refractivity contribution in [1.29, 1.82) is 0 Å². The summed E-state index contributed by atoms with van der Waals surface area (Å²) in [5.41, 5.74) is 5.14. The SMILES string of the molecule is C=C([N-]C1CCCN(C(=C)c2cnc3ncc(C)cn23)C1)NCc1cc2cc(Cl)ccc2[nH]1.CC.[Na+]. The number of aryl methyl sites for hydroxylation is 1. The summed E-state index contributed by atoms with van der Waals surface area (Å²) in [4.78, 5) is 14.5. The van der Waals surface area contributed by atoms with Crippen molar-refractivity contribution in [3.05, 3.63) is 89.1 Å². The maximum absolute atomic E-state index is 6.09. The van der Waals surface area contributed by atoms with E-state index in [2.05, 4.69) is 44.4 Å². The zero-order chi connectivity index (χ0) is 24.9. The first-order valence-electron chi connectivity index (χ1n) is 12.1. The van der Waals surface area contributed by atoms with Crippen LogP contribution >= 0.6 is 11.6 Å². The van der Waals surface area contributed by atoms with Gasteiger partial charge in [-0.1, -0.05) is 37.8 Å². The molecule has 4 aromatic rings. The molecule has 0 aliphatic carbocycles. The Bertz CT molecular complexity index is 1340. The molecule has 0 spiro atoms. The van der Waals surface area contributed by atoms with Crippen LogP contribution in [0.25, 0.3) is 27.7 Å². The zero-order valence-electron chi connectivity index (χ0n) is 21.7. The number of H-pyrrole nitrogens is 1. The van der Waals surface area contributed by atoms with Gasteiger partial charge < -0.3 is 20.5 Å². The minimum atomic E-state index is 0. The molecule has 0 amide bonds. The Balaban J connectivity index is 0.00000117. The van der Waals surface area contributed by atoms with Crippen molar-refractivity contribution in [2.24, 2.45) is 0 Å². The van der Waals surface area contributed by atoms with Crippen LogP contribution in [0.4, 0.5) is 0 Å². The molecule has 1 aromatic carbocycles. The number of likely N-dealkylation sites (tertiary alicyclic amines) is 1. The molecule has 2 N–H and O–H groups in total. The molecular weight excluding hydrogens is 481 g/mol. The summed E-state index contributed by atoms with van der Waals surface area (Å²) in [7, 11) is 0. The van der Waals surface area contributed by atoms with Crippen molar-refractivity contribution in [3.63, 3.8) is 0 Å². The van der Waals surface area contributed by atoms with Crippen LogP contribution in [0.1, 0.15) is 43.6 Å². The number of halogens is 1. The van der Waals surface area contributed by atoms with E-state index in [0.717, 1.165) is 64.5 Å². The number of hydrogen-bond acceptors (Lipinski definition) is 4. The molecule has 1 atom stereocenters. The van der Waals surface area contributed by atoms with E-state index in [4.69, 9.17) is 16.9 Å². The Morgan fingerprint density at radius 1 is 1.22 bits per heavy atom. The molecule has 0 saturated carbocycles. The molecule has 1 saturated heterocycles. The molecule has 1 unspecified atom stereocenters. The second-order valence-electron chi connectivity index (χ2n) is 8.59. The molecule has 1 aliphatic rings. The largest absolute Gasteiger partial charge is 1.00 e. The van der Waals surface area contributed by atoms with Crippen molar-refractivity contribution in [3.8, 4) is 0 Å². The summed E-state index contributed by atoms with van der Waals surface area (Å²) in [5, 5.41) is 10.0. The summed E-state index contributed by atoms with van der Waals surface area (Å²) < 4.78 is 2.01. The molecule has 1 fully saturated rings. The number of aromatic nitrogens is 4. The molecule has 1 aliphatic heterocycles. The number of aromatic amines is 1. The first kappa shape index (κ1) is 28.1. The van der Waals surface area contributed by atoms with Gasteiger partial charge in [-0.15, -0.1) is 6.58 Å². The Kier molecular flexibility index (Phi) is 9.91. The van der Waals surface area contributed by atoms with Crippen LogP contribution in [0.15, 0.2) is 61.8 Å². The van der Waals surface area contributed by atoms with Crippen LogP contribution in [0.5, 0.6) is 0 Å². The van der Waals surface area contributed by atoms with E-state index >= 15 is 0 Å². The van der Waals surface area contributed by atoms with Gasteiger partial charge in [0.05, 0.1) is 17.6 Å². The summed E-state index contributed by atoms with van der Waals surface area (Å²) in [5.74, 6) is 1.38. The number of nitrogens with zero attached hydrogens (tertiary/aromatic N) is 5. The minimum Gasteiger partial charge on any atom is -0.477 e. The summed E-state index contributed by atoms with van der Waals surface area (Å²) in [6.07, 6.45) is 7.80. The van der Waals surface area contributed by atoms with Crippen LogP contribution in [0, 0.1) is 6.92 Å². The Morgan fingerprint density at radius 3 is 2.81 bits per heavy atom. The third-order valence-corrected chi connectivity index (χ3v) is 6.26. The maximum atomic E-state index is 6.09. The smallest absolute Gasteiger partial charge is 0.477 e. The number of piperidine rings is 1. The molecule has 4 heterocycles. The van der Waals surface area contributed by atoms with Gasteiger partial charge in [0.15, 0.2) is 0 Å². The molecular formula is C27H33ClN7Na. The third kappa shape index (κ3) is 6.45. The van der Waals surface area contributed by atoms with E-state index in [9.17, 15) is 0 Å². The van der Waals surface area contributed by atoms with Gasteiger partial charge in [-0.2, -0.15) is 0 Å². The second-order valence-corrected chi connectivity index (χ2v) is 9.03. The van der Waals surface area contributed by atoms with E-state index in [1.54, 1.807) is 0 Å². The van der Waals surface area contributed by atoms with Gasteiger partial charge in [0.1, 0.15) is 0 Å². The van der Waals surface area contributed by atoms with E-state index in [1.165, 1.54) is 0 Å². The summed E-state index contributed by atoms with van der Waals surface area (Å²) in [6, 6.07) is 8.10. The van der Waals surface area contributed by atoms with Crippen molar-refractivity contribution >= 4 is 34.0 Å². The second kappa shape index (κ2) is 12.7. The zero-order valence-corrected chi connectivity index (χ0v) is 24.4. The first-order valence-corrected chi connectivity index (χ1v) is 12.5. The Labute approximate surface area is 240 Å². The fourth-order valence-corrected chi connectivity index (χ4v) is 4.55. The van der Waals surface area contributed by atoms with Crippen molar-refractivity contribution in [1.82, 2.24) is 29.6 Å². The standard InChI is InChI=1S/C25H27ClN7.C2H6.Na/c1-16-11-28-25-29-13-24(33(25)14-16)17(2)32-8-4-5-21(15-32)30-18(3)27-12-22-10-19-9-20(26)6-7-23(19)31-22;1-2;/h6-7,9-11,13-14,21,27,31H,2-5,8,12,15H2,1H3;1-2H3;/q-1;;+1. The Morgan fingerprint density at radius 2 is 2.00 bits per heavy atom. The quantitative estimate of drug-likeness (QED) is 0.372. The van der Waals surface area contributed by atoms with Gasteiger partial charge in [-0.3, -0.25) is 4.40 Å². The molecule has 184 valence electrons. The Hall–Kier alpha value is -2.45. The van der Waals surface area contributed by atoms with E-state index < -0.39 is 0 Å². The van der Waals surface area contributed by atoms with Crippen LogP contribution in [0.3, 0.4) is 0 Å². The minimum absolute atomic E-state index is 0. The molecule has 36 heavy (non-hydrogen) atoms. The fraction of sp³-hybridized carbons (Fsp3) is 0.333. The normalized spacial score (nSPS) is 15.1. The van der Waals surface area contributed by atoms with Crippen LogP contribution < -0.4 is 34.9 Å². The van der Waals surface area contributed by atoms with E-state index in [1.807, 2.05) is 62.0 Å². The molecule has 0 bridgehead atoms. The predicted octanol–water partition coefficient (Wildman–Crippen LogP) is 3.27. The third-order valence-electron chi connectivity index (χ3n) is 6.03. The van der Waals surface area contributed by atoms with Gasteiger partial charge in [0.2, 0.25) is 5.78 Å². The average Bonchev–Trinajstić information content (AvgIpc) is 3.47. The predicted molar refractivity (Wildman–Crippen MR) is 145 cm³/mol. The first-order chi connectivity index (χ1) is 17.0. The maximum Gasteiger partial charge on any atom is 1.00 e. The van der Waals surface area contributed by atoms with Gasteiger partial charge in [0.25, 0.3) is 0 Å².